The number of hydrogen-bond donors (Lipinski definition) is 0. The third kappa shape index (κ3) is 2.67. The van der Waals surface area contributed by atoms with Crippen molar-refractivity contribution in [1.29, 1.82) is 5.26 Å². The Morgan fingerprint density at radius 3 is 2.31 bits per heavy atom. The van der Waals surface area contributed by atoms with Crippen molar-refractivity contribution in [2.24, 2.45) is 0 Å². The Hall–Kier alpha value is -0.110. The predicted octanol–water partition coefficient (Wildman–Crippen LogP) is 4.43. The Balaban J connectivity index is 3.32. The molecule has 0 bridgehead atoms. The number of allylic oxidation sites excluding steroid dienone is 1. The van der Waals surface area contributed by atoms with Crippen LogP contribution in [0.5, 0.6) is 0 Å². The molecule has 0 radical (unpaired) electrons. The second-order valence-corrected chi connectivity index (χ2v) is 5.73. The molecule has 0 fully saturated rings. The lowest BCUT2D eigenvalue weighted by Crippen LogP contribution is -1.82. The molecule has 66 valence electrons. The molecule has 0 unspecified atom stereocenters. The summed E-state index contributed by atoms with van der Waals surface area (Å²) < 4.78 is 1.57. The topological polar surface area (TPSA) is 23.8 Å². The molecule has 1 rings (SSSR count). The second-order valence-electron chi connectivity index (χ2n) is 2.23. The van der Waals surface area contributed by atoms with Crippen molar-refractivity contribution >= 4 is 53.4 Å². The van der Waals surface area contributed by atoms with Crippen LogP contribution in [0.1, 0.15) is 5.56 Å². The molecule has 0 N–H and O–H groups in total. The summed E-state index contributed by atoms with van der Waals surface area (Å²) in [5.74, 6) is 0. The van der Waals surface area contributed by atoms with Crippen molar-refractivity contribution in [3.8, 4) is 6.07 Å². The lowest BCUT2D eigenvalue weighted by atomic mass is 10.1. The zero-order valence-electron chi connectivity index (χ0n) is 6.39. The lowest BCUT2D eigenvalue weighted by molar-refractivity contribution is 1.51. The van der Waals surface area contributed by atoms with E-state index in [9.17, 15) is 0 Å². The molecule has 0 aliphatic carbocycles. The van der Waals surface area contributed by atoms with Crippen molar-refractivity contribution in [2.75, 3.05) is 0 Å². The smallest absolute Gasteiger partial charge is 0.102 e. The molecule has 0 aromatic heterocycles. The molecule has 13 heavy (non-hydrogen) atoms. The third-order valence-corrected chi connectivity index (χ3v) is 2.93. The summed E-state index contributed by atoms with van der Waals surface area (Å²) in [4.78, 5) is 0. The Bertz CT molecular complexity index is 386. The van der Waals surface area contributed by atoms with Crippen LogP contribution >= 0.6 is 47.8 Å². The minimum Gasteiger partial charge on any atom is -0.192 e. The van der Waals surface area contributed by atoms with E-state index in [1.54, 1.807) is 0 Å². The van der Waals surface area contributed by atoms with Gasteiger partial charge >= 0.3 is 0 Å². The molecule has 1 nitrogen and oxygen atoms in total. The maximum Gasteiger partial charge on any atom is 0.102 e. The largest absolute Gasteiger partial charge is 0.192 e. The minimum atomic E-state index is 0.576. The Labute approximate surface area is 102 Å². The summed E-state index contributed by atoms with van der Waals surface area (Å²) in [7, 11) is 0. The zero-order valence-corrected chi connectivity index (χ0v) is 11.1. The van der Waals surface area contributed by atoms with Crippen LogP contribution < -0.4 is 0 Å². The van der Waals surface area contributed by atoms with E-state index in [0.29, 0.717) is 8.96 Å². The lowest BCUT2D eigenvalue weighted by Gasteiger charge is -2.01. The first-order valence-corrected chi connectivity index (χ1v) is 5.75. The quantitative estimate of drug-likeness (QED) is 0.675. The van der Waals surface area contributed by atoms with E-state index < -0.39 is 0 Å². The Kier molecular flexibility index (Phi) is 4.17. The van der Waals surface area contributed by atoms with Crippen molar-refractivity contribution in [2.45, 2.75) is 0 Å². The molecule has 0 amide bonds. The molecule has 0 aliphatic rings. The molecular weight excluding hydrogens is 362 g/mol. The van der Waals surface area contributed by atoms with E-state index in [1.807, 2.05) is 24.3 Å². The zero-order chi connectivity index (χ0) is 9.84. The van der Waals surface area contributed by atoms with Crippen LogP contribution in [0.15, 0.2) is 32.1 Å². The Morgan fingerprint density at radius 1 is 1.23 bits per heavy atom. The van der Waals surface area contributed by atoms with E-state index >= 15 is 0 Å². The van der Waals surface area contributed by atoms with Crippen molar-refractivity contribution in [3.63, 3.8) is 0 Å². The van der Waals surface area contributed by atoms with Crippen LogP contribution in [-0.4, -0.2) is 0 Å². The van der Waals surface area contributed by atoms with Gasteiger partial charge in [-0.3, -0.25) is 0 Å². The predicted molar refractivity (Wildman–Crippen MR) is 64.5 cm³/mol. The summed E-state index contributed by atoms with van der Waals surface area (Å²) in [5, 5.41) is 8.89. The SMILES string of the molecule is N#CC(=C(Br)Br)c1ccccc1Br. The fourth-order valence-electron chi connectivity index (χ4n) is 0.868. The van der Waals surface area contributed by atoms with Gasteiger partial charge in [-0.2, -0.15) is 5.26 Å². The fourth-order valence-corrected chi connectivity index (χ4v) is 1.96. The highest BCUT2D eigenvalue weighted by atomic mass is 79.9. The van der Waals surface area contributed by atoms with Gasteiger partial charge in [0.2, 0.25) is 0 Å². The van der Waals surface area contributed by atoms with E-state index in [4.69, 9.17) is 5.26 Å². The highest BCUT2D eigenvalue weighted by Gasteiger charge is 2.07. The minimum absolute atomic E-state index is 0.576. The molecule has 1 aromatic rings. The molecule has 0 aliphatic heterocycles. The molecule has 0 saturated carbocycles. The summed E-state index contributed by atoms with van der Waals surface area (Å²) in [5.41, 5.74) is 1.45. The number of rotatable bonds is 1. The highest BCUT2D eigenvalue weighted by molar-refractivity contribution is 9.28. The van der Waals surface area contributed by atoms with Crippen LogP contribution in [0.4, 0.5) is 0 Å². The van der Waals surface area contributed by atoms with Crippen LogP contribution in [0.2, 0.25) is 0 Å². The Morgan fingerprint density at radius 2 is 1.85 bits per heavy atom. The average Bonchev–Trinajstić information content (AvgIpc) is 2.09. The van der Waals surface area contributed by atoms with Gasteiger partial charge in [0.25, 0.3) is 0 Å². The molecule has 1 aromatic carbocycles. The first-order chi connectivity index (χ1) is 6.16. The van der Waals surface area contributed by atoms with E-state index in [-0.39, 0.29) is 0 Å². The fraction of sp³-hybridized carbons (Fsp3) is 0. The van der Waals surface area contributed by atoms with Gasteiger partial charge in [-0.15, -0.1) is 0 Å². The highest BCUT2D eigenvalue weighted by Crippen LogP contribution is 2.31. The third-order valence-electron chi connectivity index (χ3n) is 1.44. The average molecular weight is 366 g/mol. The molecule has 0 atom stereocenters. The van der Waals surface area contributed by atoms with Gasteiger partial charge in [0.05, 0.1) is 8.96 Å². The van der Waals surface area contributed by atoms with Crippen LogP contribution in [-0.2, 0) is 0 Å². The van der Waals surface area contributed by atoms with Gasteiger partial charge in [0.1, 0.15) is 6.07 Å². The summed E-state index contributed by atoms with van der Waals surface area (Å²) in [6.07, 6.45) is 0. The normalized spacial score (nSPS) is 9.08. The summed E-state index contributed by atoms with van der Waals surface area (Å²) in [6.45, 7) is 0. The van der Waals surface area contributed by atoms with Crippen molar-refractivity contribution in [1.82, 2.24) is 0 Å². The van der Waals surface area contributed by atoms with Gasteiger partial charge in [0.15, 0.2) is 0 Å². The number of benzene rings is 1. The summed E-state index contributed by atoms with van der Waals surface area (Å²) in [6, 6.07) is 9.69. The monoisotopic (exact) mass is 363 g/mol. The second kappa shape index (κ2) is 4.94. The molecule has 0 heterocycles. The number of nitrogens with zero attached hydrogens (tertiary/aromatic N) is 1. The van der Waals surface area contributed by atoms with Crippen molar-refractivity contribution < 1.29 is 0 Å². The van der Waals surface area contributed by atoms with Crippen LogP contribution in [0, 0.1) is 11.3 Å². The molecular formula is C9H4Br3N. The van der Waals surface area contributed by atoms with Crippen molar-refractivity contribution in [3.05, 3.63) is 37.7 Å². The van der Waals surface area contributed by atoms with E-state index in [1.165, 1.54) is 0 Å². The van der Waals surface area contributed by atoms with Crippen LogP contribution in [0.3, 0.4) is 0 Å². The van der Waals surface area contributed by atoms with Gasteiger partial charge in [-0.05, 0) is 37.9 Å². The van der Waals surface area contributed by atoms with E-state index in [2.05, 4.69) is 53.9 Å². The van der Waals surface area contributed by atoms with Crippen LogP contribution in [0.25, 0.3) is 5.57 Å². The molecule has 0 saturated heterocycles. The molecule has 0 spiro atoms. The van der Waals surface area contributed by atoms with Gasteiger partial charge in [0, 0.05) is 10.0 Å². The number of halogens is 3. The molecule has 4 heteroatoms. The number of nitriles is 1. The van der Waals surface area contributed by atoms with Gasteiger partial charge < -0.3 is 0 Å². The summed E-state index contributed by atoms with van der Waals surface area (Å²) >= 11 is 9.83. The first-order valence-electron chi connectivity index (χ1n) is 3.37. The van der Waals surface area contributed by atoms with Gasteiger partial charge in [-0.1, -0.05) is 34.1 Å². The standard InChI is InChI=1S/C9H4Br3N/c10-8-4-2-1-3-6(8)7(5-13)9(11)12/h1-4H. The van der Waals surface area contributed by atoms with E-state index in [0.717, 1.165) is 10.0 Å². The maximum atomic E-state index is 8.89. The maximum absolute atomic E-state index is 8.89. The number of hydrogen-bond acceptors (Lipinski definition) is 1. The van der Waals surface area contributed by atoms with Gasteiger partial charge in [-0.25, -0.2) is 0 Å². The first kappa shape index (κ1) is 11.0.